The van der Waals surface area contributed by atoms with Gasteiger partial charge < -0.3 is 0 Å². The molecule has 0 saturated heterocycles. The summed E-state index contributed by atoms with van der Waals surface area (Å²) in [5.41, 5.74) is 2.95. The Balaban J connectivity index is 1.76. The minimum Gasteiger partial charge on any atom is -0.265 e. The molecule has 3 rings (SSSR count). The Labute approximate surface area is 162 Å². The quantitative estimate of drug-likeness (QED) is 0.368. The minimum absolute atomic E-state index is 0.290. The van der Waals surface area contributed by atoms with Gasteiger partial charge in [0, 0.05) is 10.7 Å². The van der Waals surface area contributed by atoms with Crippen LogP contribution in [0.15, 0.2) is 64.4 Å². The molecular weight excluding hydrogens is 416 g/mol. The van der Waals surface area contributed by atoms with Gasteiger partial charge in [0.2, 0.25) is 5.69 Å². The smallest absolute Gasteiger partial charge is 0.265 e. The van der Waals surface area contributed by atoms with E-state index in [0.29, 0.717) is 12.2 Å². The summed E-state index contributed by atoms with van der Waals surface area (Å²) in [6, 6.07) is 12.6. The Hall–Kier alpha value is -3.40. The number of aromatic nitrogens is 3. The van der Waals surface area contributed by atoms with Crippen molar-refractivity contribution in [3.05, 3.63) is 86.4 Å². The predicted molar refractivity (Wildman–Crippen MR) is 101 cm³/mol. The number of nitro groups is 1. The second-order valence-corrected chi connectivity index (χ2v) is 6.31. The first-order valence-corrected chi connectivity index (χ1v) is 8.53. The van der Waals surface area contributed by atoms with Crippen LogP contribution in [-0.2, 0) is 6.54 Å². The summed E-state index contributed by atoms with van der Waals surface area (Å²) in [5.74, 6) is -0.775. The molecule has 3 aromatic rings. The molecular formula is C17H13BrN6O3. The number of pyridine rings is 1. The highest BCUT2D eigenvalue weighted by atomic mass is 79.9. The lowest BCUT2D eigenvalue weighted by molar-refractivity contribution is -0.385. The van der Waals surface area contributed by atoms with Crippen LogP contribution in [0.5, 0.6) is 0 Å². The molecule has 0 saturated carbocycles. The van der Waals surface area contributed by atoms with Crippen LogP contribution < -0.4 is 5.43 Å². The molecule has 0 atom stereocenters. The Bertz CT molecular complexity index is 986. The Morgan fingerprint density at radius 3 is 2.74 bits per heavy atom. The second kappa shape index (κ2) is 8.32. The Morgan fingerprint density at radius 2 is 2.07 bits per heavy atom. The van der Waals surface area contributed by atoms with E-state index in [4.69, 9.17) is 0 Å². The van der Waals surface area contributed by atoms with E-state index in [0.717, 1.165) is 10.0 Å². The van der Waals surface area contributed by atoms with Crippen LogP contribution in [0.25, 0.3) is 0 Å². The Morgan fingerprint density at radius 1 is 1.30 bits per heavy atom. The lowest BCUT2D eigenvalue weighted by atomic mass is 10.2. The maximum atomic E-state index is 12.2. The predicted octanol–water partition coefficient (Wildman–Crippen LogP) is 2.76. The first-order chi connectivity index (χ1) is 13.0. The number of halogens is 1. The third-order valence-corrected chi connectivity index (χ3v) is 3.99. The van der Waals surface area contributed by atoms with E-state index in [2.05, 4.69) is 36.5 Å². The number of nitrogens with one attached hydrogen (secondary N) is 1. The zero-order chi connectivity index (χ0) is 19.2. The number of nitrogens with zero attached hydrogens (tertiary/aromatic N) is 5. The van der Waals surface area contributed by atoms with Crippen molar-refractivity contribution in [3.63, 3.8) is 0 Å². The molecule has 2 aromatic heterocycles. The fourth-order valence-electron chi connectivity index (χ4n) is 2.23. The van der Waals surface area contributed by atoms with Crippen molar-refractivity contribution in [2.45, 2.75) is 6.54 Å². The summed E-state index contributed by atoms with van der Waals surface area (Å²) < 4.78 is 2.27. The third-order valence-electron chi connectivity index (χ3n) is 3.46. The summed E-state index contributed by atoms with van der Waals surface area (Å²) in [4.78, 5) is 26.9. The third kappa shape index (κ3) is 4.82. The van der Waals surface area contributed by atoms with Gasteiger partial charge in [-0.15, -0.1) is 0 Å². The van der Waals surface area contributed by atoms with E-state index in [9.17, 15) is 14.9 Å². The number of rotatable bonds is 6. The number of carbonyl (C=O) groups excluding carboxylic acids is 1. The summed E-state index contributed by atoms with van der Waals surface area (Å²) in [7, 11) is 0. The molecule has 1 aromatic carbocycles. The first kappa shape index (κ1) is 18.4. The molecule has 10 heteroatoms. The van der Waals surface area contributed by atoms with Gasteiger partial charge in [-0.1, -0.05) is 34.1 Å². The van der Waals surface area contributed by atoms with Crippen LogP contribution >= 0.6 is 15.9 Å². The van der Waals surface area contributed by atoms with Crippen LogP contribution in [0.3, 0.4) is 0 Å². The molecule has 0 aliphatic rings. The lowest BCUT2D eigenvalue weighted by Crippen LogP contribution is -2.20. The van der Waals surface area contributed by atoms with Gasteiger partial charge >= 0.3 is 5.69 Å². The molecule has 0 unspecified atom stereocenters. The van der Waals surface area contributed by atoms with Gasteiger partial charge in [0.15, 0.2) is 0 Å². The summed E-state index contributed by atoms with van der Waals surface area (Å²) >= 11 is 3.34. The van der Waals surface area contributed by atoms with Gasteiger partial charge in [-0.05, 0) is 29.8 Å². The highest BCUT2D eigenvalue weighted by Gasteiger charge is 2.25. The first-order valence-electron chi connectivity index (χ1n) is 7.73. The van der Waals surface area contributed by atoms with Crippen LogP contribution in [-0.4, -0.2) is 31.8 Å². The minimum atomic E-state index is -0.775. The topological polar surface area (TPSA) is 115 Å². The van der Waals surface area contributed by atoms with Crippen molar-refractivity contribution in [1.82, 2.24) is 20.2 Å². The highest BCUT2D eigenvalue weighted by Crippen LogP contribution is 2.18. The maximum absolute atomic E-state index is 12.2. The van der Waals surface area contributed by atoms with E-state index in [1.54, 1.807) is 24.4 Å². The number of amides is 1. The van der Waals surface area contributed by atoms with Crippen molar-refractivity contribution >= 4 is 33.7 Å². The number of hydrazone groups is 1. The SMILES string of the molecule is O=C(N/N=C\c1ccccn1)c1nn(Cc2ccc(Br)cc2)cc1[N+](=O)[O-]. The average Bonchev–Trinajstić information content (AvgIpc) is 3.09. The summed E-state index contributed by atoms with van der Waals surface area (Å²) in [6.07, 6.45) is 4.14. The molecule has 0 aliphatic heterocycles. The molecule has 2 heterocycles. The molecule has 27 heavy (non-hydrogen) atoms. The van der Waals surface area contributed by atoms with E-state index in [1.165, 1.54) is 17.1 Å². The lowest BCUT2D eigenvalue weighted by Gasteiger charge is -2.01. The number of hydrogen-bond donors (Lipinski definition) is 1. The van der Waals surface area contributed by atoms with Crippen LogP contribution in [0.1, 0.15) is 21.7 Å². The molecule has 0 bridgehead atoms. The van der Waals surface area contributed by atoms with Gasteiger partial charge in [-0.25, -0.2) is 5.43 Å². The molecule has 0 fully saturated rings. The summed E-state index contributed by atoms with van der Waals surface area (Å²) in [5, 5.41) is 19.0. The van der Waals surface area contributed by atoms with Crippen molar-refractivity contribution in [2.24, 2.45) is 5.10 Å². The van der Waals surface area contributed by atoms with E-state index >= 15 is 0 Å². The zero-order valence-electron chi connectivity index (χ0n) is 13.8. The summed E-state index contributed by atoms with van der Waals surface area (Å²) in [6.45, 7) is 0.290. The average molecular weight is 429 g/mol. The number of hydrogen-bond acceptors (Lipinski definition) is 6. The fraction of sp³-hybridized carbons (Fsp3) is 0.0588. The highest BCUT2D eigenvalue weighted by molar-refractivity contribution is 9.10. The maximum Gasteiger partial charge on any atom is 0.320 e. The van der Waals surface area contributed by atoms with Gasteiger partial charge in [0.25, 0.3) is 5.91 Å². The van der Waals surface area contributed by atoms with E-state index in [-0.39, 0.29) is 5.69 Å². The largest absolute Gasteiger partial charge is 0.320 e. The molecule has 0 spiro atoms. The van der Waals surface area contributed by atoms with Gasteiger partial charge in [0.05, 0.1) is 23.4 Å². The standard InChI is InChI=1S/C17H13BrN6O3/c18-13-6-4-12(5-7-13)10-23-11-15(24(26)27)16(22-23)17(25)21-20-9-14-3-1-2-8-19-14/h1-9,11H,10H2,(H,21,25)/b20-9-. The van der Waals surface area contributed by atoms with Crippen LogP contribution in [0.4, 0.5) is 5.69 Å². The van der Waals surface area contributed by atoms with E-state index < -0.39 is 16.5 Å². The Kier molecular flexibility index (Phi) is 5.67. The van der Waals surface area contributed by atoms with Crippen LogP contribution in [0.2, 0.25) is 0 Å². The molecule has 136 valence electrons. The normalized spacial score (nSPS) is 10.9. The molecule has 9 nitrogen and oxygen atoms in total. The molecule has 0 radical (unpaired) electrons. The number of benzene rings is 1. The van der Waals surface area contributed by atoms with Crippen molar-refractivity contribution < 1.29 is 9.72 Å². The zero-order valence-corrected chi connectivity index (χ0v) is 15.4. The molecule has 0 aliphatic carbocycles. The van der Waals surface area contributed by atoms with Crippen molar-refractivity contribution in [2.75, 3.05) is 0 Å². The fourth-order valence-corrected chi connectivity index (χ4v) is 2.49. The van der Waals surface area contributed by atoms with E-state index in [1.807, 2.05) is 24.3 Å². The van der Waals surface area contributed by atoms with Gasteiger partial charge in [-0.3, -0.25) is 24.6 Å². The number of carbonyl (C=O) groups is 1. The molecule has 1 N–H and O–H groups in total. The molecule has 1 amide bonds. The van der Waals surface area contributed by atoms with Crippen molar-refractivity contribution in [3.8, 4) is 0 Å². The monoisotopic (exact) mass is 428 g/mol. The van der Waals surface area contributed by atoms with Crippen LogP contribution in [0, 0.1) is 10.1 Å². The van der Waals surface area contributed by atoms with Gasteiger partial charge in [-0.2, -0.15) is 10.2 Å². The van der Waals surface area contributed by atoms with Gasteiger partial charge in [0.1, 0.15) is 6.20 Å². The van der Waals surface area contributed by atoms with Crippen molar-refractivity contribution in [1.29, 1.82) is 0 Å². The second-order valence-electron chi connectivity index (χ2n) is 5.40.